The minimum Gasteiger partial charge on any atom is -0.378 e. The lowest BCUT2D eigenvalue weighted by atomic mass is 10.1. The van der Waals surface area contributed by atoms with Crippen LogP contribution in [0.2, 0.25) is 0 Å². The summed E-state index contributed by atoms with van der Waals surface area (Å²) in [4.78, 5) is 9.86. The third-order valence-electron chi connectivity index (χ3n) is 5.59. The first kappa shape index (κ1) is 25.1. The Kier molecular flexibility index (Phi) is 6.84. The highest BCUT2D eigenvalue weighted by molar-refractivity contribution is 7.92. The van der Waals surface area contributed by atoms with Crippen molar-refractivity contribution in [1.82, 2.24) is 9.97 Å². The smallest absolute Gasteiger partial charge is 0.265 e. The van der Waals surface area contributed by atoms with Gasteiger partial charge in [0, 0.05) is 25.5 Å². The lowest BCUT2D eigenvalue weighted by Crippen LogP contribution is -2.36. The largest absolute Gasteiger partial charge is 0.378 e. The van der Waals surface area contributed by atoms with Gasteiger partial charge in [0.1, 0.15) is 22.3 Å². The Morgan fingerprint density at radius 3 is 2.38 bits per heavy atom. The van der Waals surface area contributed by atoms with E-state index in [2.05, 4.69) is 9.97 Å². The molecule has 7 nitrogen and oxygen atoms in total. The van der Waals surface area contributed by atoms with Gasteiger partial charge in [-0.2, -0.15) is 0 Å². The predicted molar refractivity (Wildman–Crippen MR) is 131 cm³/mol. The molecule has 0 saturated carbocycles. The fourth-order valence-corrected chi connectivity index (χ4v) is 6.08. The minimum atomic E-state index is -4.75. The number of morpholine rings is 1. The summed E-state index contributed by atoms with van der Waals surface area (Å²) in [5, 5.41) is 0.511. The molecule has 1 fully saturated rings. The molecule has 2 aromatic carbocycles. The molecule has 13 heteroatoms. The zero-order valence-corrected chi connectivity index (χ0v) is 20.6. The molecular formula is C24H18F4N4O3S2. The van der Waals surface area contributed by atoms with E-state index >= 15 is 8.78 Å². The molecule has 1 aliphatic heterocycles. The topological polar surface area (TPSA) is 84.4 Å². The number of ether oxygens (including phenoxy) is 1. The van der Waals surface area contributed by atoms with Gasteiger partial charge in [-0.25, -0.2) is 31.0 Å². The highest BCUT2D eigenvalue weighted by atomic mass is 32.2. The number of nitrogens with zero attached hydrogens (tertiary/aromatic N) is 3. The number of sulfonamides is 1. The van der Waals surface area contributed by atoms with Crippen LogP contribution in [0.1, 0.15) is 0 Å². The van der Waals surface area contributed by atoms with Gasteiger partial charge in [0.25, 0.3) is 10.0 Å². The Labute approximate surface area is 213 Å². The van der Waals surface area contributed by atoms with Gasteiger partial charge in [0.15, 0.2) is 10.9 Å². The van der Waals surface area contributed by atoms with E-state index in [0.717, 1.165) is 18.2 Å². The Hall–Kier alpha value is -3.55. The number of aromatic nitrogens is 2. The zero-order valence-electron chi connectivity index (χ0n) is 18.9. The molecule has 3 heterocycles. The van der Waals surface area contributed by atoms with E-state index < -0.39 is 49.4 Å². The van der Waals surface area contributed by atoms with Crippen LogP contribution in [0, 0.1) is 23.3 Å². The van der Waals surface area contributed by atoms with Crippen LogP contribution < -0.4 is 9.62 Å². The fraction of sp³-hybridized carbons (Fsp3) is 0.167. The normalized spacial score (nSPS) is 14.1. The predicted octanol–water partition coefficient (Wildman–Crippen LogP) is 5.07. The van der Waals surface area contributed by atoms with Gasteiger partial charge >= 0.3 is 0 Å². The summed E-state index contributed by atoms with van der Waals surface area (Å²) in [6, 6.07) is 6.92. The van der Waals surface area contributed by atoms with Gasteiger partial charge in [0.2, 0.25) is 0 Å². The van der Waals surface area contributed by atoms with Gasteiger partial charge in [-0.1, -0.05) is 11.3 Å². The second-order valence-electron chi connectivity index (χ2n) is 7.97. The molecule has 0 unspecified atom stereocenters. The van der Waals surface area contributed by atoms with E-state index in [1.54, 1.807) is 12.1 Å². The number of halogens is 4. The van der Waals surface area contributed by atoms with E-state index in [9.17, 15) is 17.2 Å². The molecular weight excluding hydrogens is 532 g/mol. The molecule has 0 aliphatic carbocycles. The Morgan fingerprint density at radius 1 is 0.946 bits per heavy atom. The summed E-state index contributed by atoms with van der Waals surface area (Å²) in [6.45, 7) is 2.01. The van der Waals surface area contributed by atoms with Crippen molar-refractivity contribution < 1.29 is 30.7 Å². The molecule has 0 atom stereocenters. The molecule has 5 rings (SSSR count). The summed E-state index contributed by atoms with van der Waals surface area (Å²) >= 11 is 1.22. The van der Waals surface area contributed by atoms with E-state index in [1.807, 2.05) is 9.62 Å². The SMILES string of the molecule is O=S(=O)(Nc1ccc(F)c(-c2nc(N3CCOCC3)sc2-c2ccncc2)c1F)c1cc(F)ccc1F. The molecule has 0 amide bonds. The number of rotatable bonds is 6. The van der Waals surface area contributed by atoms with Crippen LogP contribution in [0.3, 0.4) is 0 Å². The molecule has 0 bridgehead atoms. The molecule has 1 aliphatic rings. The van der Waals surface area contributed by atoms with Crippen molar-refractivity contribution in [2.45, 2.75) is 4.90 Å². The molecule has 1 N–H and O–H groups in total. The number of thiazole rings is 1. The second-order valence-corrected chi connectivity index (χ2v) is 10.6. The van der Waals surface area contributed by atoms with Crippen molar-refractivity contribution in [3.05, 3.63) is 78.1 Å². The van der Waals surface area contributed by atoms with Crippen molar-refractivity contribution in [2.24, 2.45) is 0 Å². The fourth-order valence-electron chi connectivity index (χ4n) is 3.80. The lowest BCUT2D eigenvalue weighted by Gasteiger charge is -2.26. The molecule has 0 spiro atoms. The summed E-state index contributed by atoms with van der Waals surface area (Å²) in [6.07, 6.45) is 3.05. The second kappa shape index (κ2) is 10.1. The van der Waals surface area contributed by atoms with E-state index in [4.69, 9.17) is 4.74 Å². The summed E-state index contributed by atoms with van der Waals surface area (Å²) < 4.78 is 91.4. The number of hydrogen-bond acceptors (Lipinski definition) is 7. The van der Waals surface area contributed by atoms with E-state index in [0.29, 0.717) is 54.0 Å². The van der Waals surface area contributed by atoms with E-state index in [-0.39, 0.29) is 5.69 Å². The van der Waals surface area contributed by atoms with Crippen molar-refractivity contribution >= 4 is 32.2 Å². The van der Waals surface area contributed by atoms with Crippen molar-refractivity contribution in [1.29, 1.82) is 0 Å². The minimum absolute atomic E-state index is 0.0364. The first-order valence-electron chi connectivity index (χ1n) is 10.9. The third kappa shape index (κ3) is 5.02. The maximum atomic E-state index is 15.8. The third-order valence-corrected chi connectivity index (χ3v) is 8.14. The van der Waals surface area contributed by atoms with Crippen LogP contribution >= 0.6 is 11.3 Å². The van der Waals surface area contributed by atoms with Crippen molar-refractivity contribution in [3.8, 4) is 21.7 Å². The van der Waals surface area contributed by atoms with Crippen LogP contribution in [-0.4, -0.2) is 44.7 Å². The van der Waals surface area contributed by atoms with Crippen molar-refractivity contribution in [2.75, 3.05) is 35.9 Å². The maximum absolute atomic E-state index is 15.8. The number of nitrogens with one attached hydrogen (secondary N) is 1. The number of hydrogen-bond donors (Lipinski definition) is 1. The van der Waals surface area contributed by atoms with Gasteiger partial charge in [0.05, 0.1) is 35.0 Å². The van der Waals surface area contributed by atoms with E-state index in [1.165, 1.54) is 23.7 Å². The Morgan fingerprint density at radius 2 is 1.65 bits per heavy atom. The van der Waals surface area contributed by atoms with Crippen LogP contribution in [0.25, 0.3) is 21.7 Å². The number of anilines is 2. The molecule has 0 radical (unpaired) electrons. The molecule has 1 saturated heterocycles. The lowest BCUT2D eigenvalue weighted by molar-refractivity contribution is 0.122. The highest BCUT2D eigenvalue weighted by Crippen LogP contribution is 2.43. The quantitative estimate of drug-likeness (QED) is 0.338. The molecule has 192 valence electrons. The van der Waals surface area contributed by atoms with Crippen LogP contribution in [0.15, 0.2) is 59.8 Å². The highest BCUT2D eigenvalue weighted by Gasteiger charge is 2.28. The molecule has 2 aromatic heterocycles. The Bertz CT molecular complexity index is 1560. The average molecular weight is 551 g/mol. The first-order chi connectivity index (χ1) is 17.7. The van der Waals surface area contributed by atoms with Gasteiger partial charge in [-0.05, 0) is 48.0 Å². The van der Waals surface area contributed by atoms with Crippen LogP contribution in [0.5, 0.6) is 0 Å². The summed E-state index contributed by atoms with van der Waals surface area (Å²) in [5.41, 5.74) is -0.650. The number of pyridine rings is 1. The maximum Gasteiger partial charge on any atom is 0.265 e. The molecule has 4 aromatic rings. The van der Waals surface area contributed by atoms with Crippen LogP contribution in [-0.2, 0) is 14.8 Å². The molecule has 37 heavy (non-hydrogen) atoms. The number of benzene rings is 2. The van der Waals surface area contributed by atoms with Crippen molar-refractivity contribution in [3.63, 3.8) is 0 Å². The standard InChI is InChI=1S/C24H18F4N4O3S2/c25-15-1-2-16(26)19(13-15)37(33,34)31-18-4-3-17(27)20(21(18)28)22-23(14-5-7-29-8-6-14)36-24(30-22)32-9-11-35-12-10-32/h1-8,13,31H,9-12H2. The first-order valence-corrected chi connectivity index (χ1v) is 13.2. The van der Waals surface area contributed by atoms with Gasteiger partial charge in [-0.3, -0.25) is 9.71 Å². The Balaban J connectivity index is 1.62. The summed E-state index contributed by atoms with van der Waals surface area (Å²) in [7, 11) is -4.75. The zero-order chi connectivity index (χ0) is 26.2. The monoisotopic (exact) mass is 550 g/mol. The van der Waals surface area contributed by atoms with Gasteiger partial charge < -0.3 is 9.64 Å². The summed E-state index contributed by atoms with van der Waals surface area (Å²) in [5.74, 6) is -4.46. The van der Waals surface area contributed by atoms with Gasteiger partial charge in [-0.15, -0.1) is 0 Å². The average Bonchev–Trinajstić information content (AvgIpc) is 3.33. The van der Waals surface area contributed by atoms with Crippen LogP contribution in [0.4, 0.5) is 28.4 Å².